The zero-order valence-corrected chi connectivity index (χ0v) is 17.0. The zero-order valence-electron chi connectivity index (χ0n) is 17.0. The number of nitro benzene ring substituents is 1. The molecule has 0 bridgehead atoms. The summed E-state index contributed by atoms with van der Waals surface area (Å²) in [5.74, 6) is -0.633. The van der Waals surface area contributed by atoms with Crippen LogP contribution in [0.5, 0.6) is 0 Å². The van der Waals surface area contributed by atoms with Crippen molar-refractivity contribution in [2.24, 2.45) is 0 Å². The van der Waals surface area contributed by atoms with Gasteiger partial charge in [0, 0.05) is 37.5 Å². The average Bonchev–Trinajstić information content (AvgIpc) is 2.74. The van der Waals surface area contributed by atoms with Gasteiger partial charge in [-0.25, -0.2) is 4.39 Å². The third-order valence-electron chi connectivity index (χ3n) is 5.26. The van der Waals surface area contributed by atoms with Gasteiger partial charge in [-0.15, -0.1) is 0 Å². The summed E-state index contributed by atoms with van der Waals surface area (Å²) < 4.78 is 44.9. The molecule has 2 aromatic carbocycles. The fraction of sp³-hybridized carbons (Fsp3) is 0.381. The van der Waals surface area contributed by atoms with E-state index in [9.17, 15) is 28.1 Å². The van der Waals surface area contributed by atoms with E-state index in [0.29, 0.717) is 37.2 Å². The first kappa shape index (κ1) is 22.5. The number of carbonyl (C=O) groups excluding carboxylic acids is 1. The molecule has 1 heterocycles. The quantitative estimate of drug-likeness (QED) is 0.519. The number of carbonyl (C=O) groups is 1. The molecule has 1 amide bonds. The highest BCUT2D eigenvalue weighted by atomic mass is 19.3. The number of piperidine rings is 1. The van der Waals surface area contributed by atoms with E-state index in [1.807, 2.05) is 4.90 Å². The van der Waals surface area contributed by atoms with E-state index in [1.165, 1.54) is 18.2 Å². The standard InChI is InChI=1S/C21H22F3N3O4/c1-13-11-19(26-9-7-15(22)8-10-26)17(12-18(13)27(29)30)20(28)25-16-5-3-14(4-6-16)21(23,24)31-2/h3-6,11-12,15H,7-10H2,1-2H3,(H,25,28). The molecule has 0 spiro atoms. The van der Waals surface area contributed by atoms with Gasteiger partial charge in [-0.05, 0) is 50.1 Å². The number of nitrogens with one attached hydrogen (secondary N) is 1. The maximum Gasteiger partial charge on any atom is 0.383 e. The lowest BCUT2D eigenvalue weighted by molar-refractivity contribution is -0.385. The van der Waals surface area contributed by atoms with Gasteiger partial charge in [-0.2, -0.15) is 8.78 Å². The summed E-state index contributed by atoms with van der Waals surface area (Å²) in [6.45, 7) is 2.32. The summed E-state index contributed by atoms with van der Waals surface area (Å²) in [5, 5.41) is 14.0. The number of methoxy groups -OCH3 is 1. The highest BCUT2D eigenvalue weighted by Crippen LogP contribution is 2.33. The van der Waals surface area contributed by atoms with Gasteiger partial charge in [-0.3, -0.25) is 14.9 Å². The number of aryl methyl sites for hydroxylation is 1. The maximum absolute atomic E-state index is 13.6. The van der Waals surface area contributed by atoms with Crippen LogP contribution < -0.4 is 10.2 Å². The Morgan fingerprint density at radius 1 is 1.23 bits per heavy atom. The lowest BCUT2D eigenvalue weighted by Crippen LogP contribution is -2.35. The van der Waals surface area contributed by atoms with Crippen LogP contribution in [0.3, 0.4) is 0 Å². The van der Waals surface area contributed by atoms with Gasteiger partial charge in [0.2, 0.25) is 0 Å². The molecule has 0 saturated carbocycles. The van der Waals surface area contributed by atoms with E-state index < -0.39 is 23.1 Å². The first-order valence-corrected chi connectivity index (χ1v) is 9.65. The largest absolute Gasteiger partial charge is 0.383 e. The lowest BCUT2D eigenvalue weighted by atomic mass is 10.0. The summed E-state index contributed by atoms with van der Waals surface area (Å²) in [5.41, 5.74) is 0.538. The molecule has 2 aromatic rings. The molecule has 1 aliphatic rings. The van der Waals surface area contributed by atoms with E-state index >= 15 is 0 Å². The second kappa shape index (κ2) is 8.93. The van der Waals surface area contributed by atoms with Gasteiger partial charge < -0.3 is 15.0 Å². The Kier molecular flexibility index (Phi) is 6.49. The third kappa shape index (κ3) is 4.96. The SMILES string of the molecule is COC(F)(F)c1ccc(NC(=O)c2cc([N+](=O)[O-])c(C)cc2N2CCC(F)CC2)cc1. The van der Waals surface area contributed by atoms with Crippen molar-refractivity contribution in [2.45, 2.75) is 32.0 Å². The third-order valence-corrected chi connectivity index (χ3v) is 5.26. The summed E-state index contributed by atoms with van der Waals surface area (Å²) in [6, 6.07) is 7.55. The van der Waals surface area contributed by atoms with Gasteiger partial charge in [-0.1, -0.05) is 0 Å². The number of nitro groups is 1. The molecule has 0 aromatic heterocycles. The predicted molar refractivity (Wildman–Crippen MR) is 109 cm³/mol. The molecule has 7 nitrogen and oxygen atoms in total. The van der Waals surface area contributed by atoms with Gasteiger partial charge >= 0.3 is 6.11 Å². The monoisotopic (exact) mass is 437 g/mol. The predicted octanol–water partition coefficient (Wildman–Crippen LogP) is 4.79. The van der Waals surface area contributed by atoms with Gasteiger partial charge in [0.05, 0.1) is 21.7 Å². The minimum absolute atomic E-state index is 0.0564. The minimum Gasteiger partial charge on any atom is -0.371 e. The molecule has 1 aliphatic heterocycles. The van der Waals surface area contributed by atoms with E-state index in [2.05, 4.69) is 10.1 Å². The lowest BCUT2D eigenvalue weighted by Gasteiger charge is -2.32. The Labute approximate surface area is 177 Å². The van der Waals surface area contributed by atoms with E-state index in [0.717, 1.165) is 19.2 Å². The van der Waals surface area contributed by atoms with Crippen molar-refractivity contribution >= 4 is 23.0 Å². The number of hydrogen-bond acceptors (Lipinski definition) is 5. The highest BCUT2D eigenvalue weighted by Gasteiger charge is 2.31. The fourth-order valence-electron chi connectivity index (χ4n) is 3.47. The molecule has 0 radical (unpaired) electrons. The first-order chi connectivity index (χ1) is 14.6. The number of rotatable bonds is 6. The molecule has 31 heavy (non-hydrogen) atoms. The number of alkyl halides is 3. The Morgan fingerprint density at radius 3 is 2.39 bits per heavy atom. The molecule has 1 saturated heterocycles. The number of hydrogen-bond donors (Lipinski definition) is 1. The van der Waals surface area contributed by atoms with Crippen LogP contribution in [0.1, 0.15) is 34.3 Å². The molecule has 166 valence electrons. The molecule has 10 heteroatoms. The number of halogens is 3. The van der Waals surface area contributed by atoms with Crippen LogP contribution in [0.25, 0.3) is 0 Å². The molecule has 0 aliphatic carbocycles. The summed E-state index contributed by atoms with van der Waals surface area (Å²) in [6.07, 6.45) is -3.79. The topological polar surface area (TPSA) is 84.7 Å². The Balaban J connectivity index is 1.91. The second-order valence-electron chi connectivity index (χ2n) is 7.33. The number of anilines is 2. The highest BCUT2D eigenvalue weighted by molar-refractivity contribution is 6.08. The molecular formula is C21H22F3N3O4. The van der Waals surface area contributed by atoms with E-state index in [1.54, 1.807) is 13.0 Å². The van der Waals surface area contributed by atoms with Crippen LogP contribution in [0.4, 0.5) is 30.2 Å². The average molecular weight is 437 g/mol. The molecular weight excluding hydrogens is 415 g/mol. The first-order valence-electron chi connectivity index (χ1n) is 9.65. The van der Waals surface area contributed by atoms with Crippen molar-refractivity contribution in [3.8, 4) is 0 Å². The van der Waals surface area contributed by atoms with Crippen LogP contribution in [0.15, 0.2) is 36.4 Å². The molecule has 3 rings (SSSR count). The fourth-order valence-corrected chi connectivity index (χ4v) is 3.47. The van der Waals surface area contributed by atoms with Gasteiger partial charge in [0.1, 0.15) is 6.17 Å². The smallest absolute Gasteiger partial charge is 0.371 e. The second-order valence-corrected chi connectivity index (χ2v) is 7.33. The Hall–Kier alpha value is -3.14. The molecule has 1 N–H and O–H groups in total. The number of nitrogens with zero attached hydrogens (tertiary/aromatic N) is 2. The van der Waals surface area contributed by atoms with Gasteiger partial charge in [0.25, 0.3) is 11.6 Å². The summed E-state index contributed by atoms with van der Waals surface area (Å²) >= 11 is 0. The van der Waals surface area contributed by atoms with Crippen molar-refractivity contribution < 1.29 is 27.6 Å². The van der Waals surface area contributed by atoms with E-state index in [-0.39, 0.29) is 22.5 Å². The maximum atomic E-state index is 13.6. The van der Waals surface area contributed by atoms with Gasteiger partial charge in [0.15, 0.2) is 0 Å². The molecule has 1 fully saturated rings. The van der Waals surface area contributed by atoms with Crippen molar-refractivity contribution in [3.05, 3.63) is 63.2 Å². The number of ether oxygens (including phenoxy) is 1. The van der Waals surface area contributed by atoms with Crippen molar-refractivity contribution in [1.29, 1.82) is 0 Å². The van der Waals surface area contributed by atoms with Crippen molar-refractivity contribution in [3.63, 3.8) is 0 Å². The van der Waals surface area contributed by atoms with Crippen LogP contribution in [-0.4, -0.2) is 37.2 Å². The number of amides is 1. The van der Waals surface area contributed by atoms with Crippen molar-refractivity contribution in [2.75, 3.05) is 30.4 Å². The van der Waals surface area contributed by atoms with Crippen LogP contribution in [0, 0.1) is 17.0 Å². The minimum atomic E-state index is -3.46. The molecule has 0 unspecified atom stereocenters. The number of benzene rings is 2. The van der Waals surface area contributed by atoms with E-state index in [4.69, 9.17) is 0 Å². The van der Waals surface area contributed by atoms with Crippen molar-refractivity contribution in [1.82, 2.24) is 0 Å². The normalized spacial score (nSPS) is 15.1. The summed E-state index contributed by atoms with van der Waals surface area (Å²) in [4.78, 5) is 25.6. The summed E-state index contributed by atoms with van der Waals surface area (Å²) in [7, 11) is 0.882. The Morgan fingerprint density at radius 2 is 1.84 bits per heavy atom. The van der Waals surface area contributed by atoms with Crippen LogP contribution >= 0.6 is 0 Å². The Bertz CT molecular complexity index is 975. The van der Waals surface area contributed by atoms with Crippen LogP contribution in [0.2, 0.25) is 0 Å². The van der Waals surface area contributed by atoms with Crippen LogP contribution in [-0.2, 0) is 10.8 Å². The molecule has 0 atom stereocenters. The zero-order chi connectivity index (χ0) is 22.8.